The number of nitrogens with one attached hydrogen (secondary N) is 1. The molecule has 20 heavy (non-hydrogen) atoms. The van der Waals surface area contributed by atoms with Gasteiger partial charge in [-0.15, -0.1) is 0 Å². The second kappa shape index (κ2) is 5.03. The number of alkyl halides is 3. The van der Waals surface area contributed by atoms with E-state index in [1.165, 1.54) is 0 Å². The van der Waals surface area contributed by atoms with Crippen LogP contribution in [0.4, 0.5) is 30.4 Å². The number of hydrogen-bond donors (Lipinski definition) is 2. The van der Waals surface area contributed by atoms with Crippen LogP contribution >= 0.6 is 0 Å². The topological polar surface area (TPSA) is 50.9 Å². The zero-order valence-corrected chi connectivity index (χ0v) is 11.0. The van der Waals surface area contributed by atoms with E-state index in [1.807, 2.05) is 32.0 Å². The van der Waals surface area contributed by atoms with Crippen molar-refractivity contribution in [3.63, 3.8) is 0 Å². The van der Waals surface area contributed by atoms with Crippen LogP contribution in [0.2, 0.25) is 0 Å². The molecule has 2 rings (SSSR count). The first-order chi connectivity index (χ1) is 9.25. The number of rotatable bonds is 2. The van der Waals surface area contributed by atoms with Gasteiger partial charge in [0.25, 0.3) is 0 Å². The summed E-state index contributed by atoms with van der Waals surface area (Å²) in [5.41, 5.74) is 7.61. The van der Waals surface area contributed by atoms with E-state index in [4.69, 9.17) is 5.73 Å². The maximum absolute atomic E-state index is 12.7. The average molecular weight is 281 g/mol. The predicted octanol–water partition coefficient (Wildman–Crippen LogP) is 4.04. The Morgan fingerprint density at radius 3 is 2.20 bits per heavy atom. The largest absolute Gasteiger partial charge is 0.417 e. The van der Waals surface area contributed by atoms with Crippen molar-refractivity contribution in [1.82, 2.24) is 4.98 Å². The molecule has 0 fully saturated rings. The maximum Gasteiger partial charge on any atom is 0.417 e. The molecule has 0 unspecified atom stereocenters. The van der Waals surface area contributed by atoms with Crippen LogP contribution in [0.15, 0.2) is 30.5 Å². The lowest BCUT2D eigenvalue weighted by Gasteiger charge is -2.13. The van der Waals surface area contributed by atoms with Crippen molar-refractivity contribution in [2.75, 3.05) is 11.1 Å². The summed E-state index contributed by atoms with van der Waals surface area (Å²) in [5.74, 6) is 0.0251. The number of anilines is 3. The van der Waals surface area contributed by atoms with E-state index in [-0.39, 0.29) is 11.5 Å². The molecule has 3 N–H and O–H groups in total. The Balaban J connectivity index is 2.37. The highest BCUT2D eigenvalue weighted by Gasteiger charge is 2.31. The van der Waals surface area contributed by atoms with Crippen molar-refractivity contribution in [2.24, 2.45) is 0 Å². The molecule has 0 aliphatic rings. The standard InChI is InChI=1S/C14H14F3N3/c1-8-3-9(2)5-11(4-8)20-12-6-10(14(15,16)17)7-19-13(12)18/h3-7,20H,1-2H3,(H2,18,19). The SMILES string of the molecule is Cc1cc(C)cc(Nc2cc(C(F)(F)F)cnc2N)c1. The van der Waals surface area contributed by atoms with Crippen molar-refractivity contribution in [3.8, 4) is 0 Å². The summed E-state index contributed by atoms with van der Waals surface area (Å²) in [7, 11) is 0. The third-order valence-electron chi connectivity index (χ3n) is 2.75. The predicted molar refractivity (Wildman–Crippen MR) is 72.9 cm³/mol. The molecule has 0 atom stereocenters. The number of pyridine rings is 1. The van der Waals surface area contributed by atoms with Crippen LogP contribution in [0.3, 0.4) is 0 Å². The van der Waals surface area contributed by atoms with Gasteiger partial charge in [0.15, 0.2) is 0 Å². The summed E-state index contributed by atoms with van der Waals surface area (Å²) in [4.78, 5) is 3.58. The molecule has 0 amide bonds. The first-order valence-electron chi connectivity index (χ1n) is 5.94. The Kier molecular flexibility index (Phi) is 3.57. The fourth-order valence-electron chi connectivity index (χ4n) is 1.93. The van der Waals surface area contributed by atoms with Crippen LogP contribution in [-0.2, 0) is 6.18 Å². The third-order valence-corrected chi connectivity index (χ3v) is 2.75. The molecule has 0 saturated heterocycles. The normalized spacial score (nSPS) is 11.4. The monoisotopic (exact) mass is 281 g/mol. The molecule has 0 aliphatic heterocycles. The first-order valence-corrected chi connectivity index (χ1v) is 5.94. The van der Waals surface area contributed by atoms with Gasteiger partial charge in [0.2, 0.25) is 0 Å². The van der Waals surface area contributed by atoms with E-state index < -0.39 is 11.7 Å². The van der Waals surface area contributed by atoms with Crippen molar-refractivity contribution in [1.29, 1.82) is 0 Å². The highest BCUT2D eigenvalue weighted by Crippen LogP contribution is 2.33. The lowest BCUT2D eigenvalue weighted by Crippen LogP contribution is -2.08. The molecular weight excluding hydrogens is 267 g/mol. The van der Waals surface area contributed by atoms with Gasteiger partial charge in [-0.2, -0.15) is 13.2 Å². The minimum atomic E-state index is -4.44. The summed E-state index contributed by atoms with van der Waals surface area (Å²) in [6, 6.07) is 6.58. The first kappa shape index (κ1) is 14.2. The number of hydrogen-bond acceptors (Lipinski definition) is 3. The van der Waals surface area contributed by atoms with Crippen LogP contribution in [0, 0.1) is 13.8 Å². The Morgan fingerprint density at radius 1 is 1.05 bits per heavy atom. The van der Waals surface area contributed by atoms with E-state index in [0.717, 1.165) is 23.4 Å². The lowest BCUT2D eigenvalue weighted by atomic mass is 10.1. The Morgan fingerprint density at radius 2 is 1.65 bits per heavy atom. The average Bonchev–Trinajstić information content (AvgIpc) is 2.29. The number of halogens is 3. The van der Waals surface area contributed by atoms with Crippen molar-refractivity contribution in [3.05, 3.63) is 47.2 Å². The fourth-order valence-corrected chi connectivity index (χ4v) is 1.93. The van der Waals surface area contributed by atoms with Gasteiger partial charge in [0.1, 0.15) is 5.82 Å². The smallest absolute Gasteiger partial charge is 0.382 e. The van der Waals surface area contributed by atoms with E-state index >= 15 is 0 Å². The molecule has 6 heteroatoms. The van der Waals surface area contributed by atoms with Gasteiger partial charge < -0.3 is 11.1 Å². The van der Waals surface area contributed by atoms with Gasteiger partial charge in [-0.05, 0) is 43.2 Å². The minimum absolute atomic E-state index is 0.0251. The van der Waals surface area contributed by atoms with E-state index in [9.17, 15) is 13.2 Å². The summed E-state index contributed by atoms with van der Waals surface area (Å²) < 4.78 is 38.0. The van der Waals surface area contributed by atoms with E-state index in [0.29, 0.717) is 5.69 Å². The molecule has 1 heterocycles. The van der Waals surface area contributed by atoms with Crippen molar-refractivity contribution < 1.29 is 13.2 Å². The van der Waals surface area contributed by atoms with Gasteiger partial charge in [0, 0.05) is 11.9 Å². The Labute approximate surface area is 114 Å². The Bertz CT molecular complexity index is 616. The number of benzene rings is 1. The maximum atomic E-state index is 12.7. The van der Waals surface area contributed by atoms with E-state index in [1.54, 1.807) is 0 Å². The highest BCUT2D eigenvalue weighted by atomic mass is 19.4. The second-order valence-electron chi connectivity index (χ2n) is 4.66. The molecule has 0 aliphatic carbocycles. The third kappa shape index (κ3) is 3.20. The second-order valence-corrected chi connectivity index (χ2v) is 4.66. The number of aromatic nitrogens is 1. The number of aryl methyl sites for hydroxylation is 2. The zero-order chi connectivity index (χ0) is 14.9. The van der Waals surface area contributed by atoms with Gasteiger partial charge in [-0.1, -0.05) is 6.07 Å². The fraction of sp³-hybridized carbons (Fsp3) is 0.214. The summed E-state index contributed by atoms with van der Waals surface area (Å²) in [5, 5.41) is 2.88. The summed E-state index contributed by atoms with van der Waals surface area (Å²) >= 11 is 0. The van der Waals surface area contributed by atoms with Crippen molar-refractivity contribution in [2.45, 2.75) is 20.0 Å². The molecule has 0 radical (unpaired) electrons. The molecule has 3 nitrogen and oxygen atoms in total. The number of nitrogens with zero attached hydrogens (tertiary/aromatic N) is 1. The zero-order valence-electron chi connectivity index (χ0n) is 11.0. The molecule has 1 aromatic carbocycles. The molecule has 106 valence electrons. The summed E-state index contributed by atoms with van der Waals surface area (Å²) in [6.45, 7) is 3.82. The molecule has 0 saturated carbocycles. The van der Waals surface area contributed by atoms with Crippen LogP contribution in [-0.4, -0.2) is 4.98 Å². The number of nitrogen functional groups attached to an aromatic ring is 1. The van der Waals surface area contributed by atoms with Crippen LogP contribution in [0.1, 0.15) is 16.7 Å². The Hall–Kier alpha value is -2.24. The molecule has 0 spiro atoms. The molecule has 0 bridgehead atoms. The van der Waals surface area contributed by atoms with Crippen molar-refractivity contribution >= 4 is 17.2 Å². The quantitative estimate of drug-likeness (QED) is 0.873. The van der Waals surface area contributed by atoms with Gasteiger partial charge >= 0.3 is 6.18 Å². The van der Waals surface area contributed by atoms with Gasteiger partial charge in [0.05, 0.1) is 11.3 Å². The lowest BCUT2D eigenvalue weighted by molar-refractivity contribution is -0.137. The van der Waals surface area contributed by atoms with Crippen LogP contribution in [0.25, 0.3) is 0 Å². The summed E-state index contributed by atoms with van der Waals surface area (Å²) in [6.07, 6.45) is -3.72. The number of nitrogens with two attached hydrogens (primary N) is 1. The molecular formula is C14H14F3N3. The highest BCUT2D eigenvalue weighted by molar-refractivity contribution is 5.70. The van der Waals surface area contributed by atoms with E-state index in [2.05, 4.69) is 10.3 Å². The van der Waals surface area contributed by atoms with Crippen LogP contribution in [0.5, 0.6) is 0 Å². The van der Waals surface area contributed by atoms with Gasteiger partial charge in [-0.3, -0.25) is 0 Å². The minimum Gasteiger partial charge on any atom is -0.382 e. The molecule has 2 aromatic rings. The van der Waals surface area contributed by atoms with Gasteiger partial charge in [-0.25, -0.2) is 4.98 Å². The van der Waals surface area contributed by atoms with Crippen LogP contribution < -0.4 is 11.1 Å². The molecule has 1 aromatic heterocycles.